The van der Waals surface area contributed by atoms with Gasteiger partial charge in [0.2, 0.25) is 0 Å². The van der Waals surface area contributed by atoms with Gasteiger partial charge in [-0.2, -0.15) is 0 Å². The largest absolute Gasteiger partial charge is 0.506 e. The first-order valence-corrected chi connectivity index (χ1v) is 8.72. The van der Waals surface area contributed by atoms with Crippen LogP contribution in [0.15, 0.2) is 54.9 Å². The van der Waals surface area contributed by atoms with E-state index in [0.29, 0.717) is 15.9 Å². The molecule has 0 radical (unpaired) electrons. The van der Waals surface area contributed by atoms with Gasteiger partial charge in [0.1, 0.15) is 17.9 Å². The van der Waals surface area contributed by atoms with Crippen LogP contribution in [-0.2, 0) is 4.79 Å². The fourth-order valence-corrected chi connectivity index (χ4v) is 3.44. The molecule has 0 aliphatic carbocycles. The van der Waals surface area contributed by atoms with Crippen molar-refractivity contribution in [3.63, 3.8) is 0 Å². The van der Waals surface area contributed by atoms with Gasteiger partial charge >= 0.3 is 5.97 Å². The number of carbonyl (C=O) groups is 2. The number of fused-ring (bicyclic) bond motifs is 3. The standard InChI is InChI=1S/C20H14ClN3O4/c21-12-4-1-3-11(9-12)13-5-2-6-14-17(13)24-8-7-22-19(24)16(18(14)27)20(28)23-10-15(25)26/h1-9,27H,10H2,(H,23,28)(H,25,26). The first-order chi connectivity index (χ1) is 13.5. The summed E-state index contributed by atoms with van der Waals surface area (Å²) in [5.41, 5.74) is 2.44. The van der Waals surface area contributed by atoms with Crippen LogP contribution in [0.4, 0.5) is 0 Å². The molecule has 0 fully saturated rings. The first-order valence-electron chi connectivity index (χ1n) is 8.34. The van der Waals surface area contributed by atoms with Crippen LogP contribution >= 0.6 is 11.6 Å². The molecule has 2 aromatic heterocycles. The lowest BCUT2D eigenvalue weighted by atomic mass is 10.00. The quantitative estimate of drug-likeness (QED) is 0.491. The van der Waals surface area contributed by atoms with Crippen molar-refractivity contribution in [3.05, 3.63) is 65.4 Å². The second-order valence-corrected chi connectivity index (χ2v) is 6.57. The number of nitrogens with one attached hydrogen (secondary N) is 1. The van der Waals surface area contributed by atoms with Gasteiger partial charge in [0, 0.05) is 28.4 Å². The molecule has 0 saturated heterocycles. The number of hydrogen-bond acceptors (Lipinski definition) is 4. The summed E-state index contributed by atoms with van der Waals surface area (Å²) in [6.07, 6.45) is 3.19. The normalized spacial score (nSPS) is 11.0. The smallest absolute Gasteiger partial charge is 0.322 e. The third-order valence-electron chi connectivity index (χ3n) is 4.40. The van der Waals surface area contributed by atoms with E-state index < -0.39 is 18.4 Å². The van der Waals surface area contributed by atoms with E-state index in [1.165, 1.54) is 6.20 Å². The Morgan fingerprint density at radius 3 is 2.71 bits per heavy atom. The SMILES string of the molecule is O=C(O)CNC(=O)c1c(O)c2cccc(-c3cccc(Cl)c3)c2n2ccnc12. The van der Waals surface area contributed by atoms with E-state index in [1.54, 1.807) is 28.8 Å². The highest BCUT2D eigenvalue weighted by molar-refractivity contribution is 6.31. The minimum atomic E-state index is -1.18. The van der Waals surface area contributed by atoms with Crippen molar-refractivity contribution in [2.45, 2.75) is 0 Å². The topological polar surface area (TPSA) is 104 Å². The van der Waals surface area contributed by atoms with E-state index in [0.717, 1.165) is 11.1 Å². The molecule has 28 heavy (non-hydrogen) atoms. The lowest BCUT2D eigenvalue weighted by Gasteiger charge is -2.14. The lowest BCUT2D eigenvalue weighted by molar-refractivity contribution is -0.135. The summed E-state index contributed by atoms with van der Waals surface area (Å²) in [4.78, 5) is 27.5. The number of pyridine rings is 1. The van der Waals surface area contributed by atoms with Gasteiger partial charge < -0.3 is 15.5 Å². The van der Waals surface area contributed by atoms with Crippen LogP contribution in [0.2, 0.25) is 5.02 Å². The van der Waals surface area contributed by atoms with Gasteiger partial charge in [-0.25, -0.2) is 4.98 Å². The van der Waals surface area contributed by atoms with Crippen LogP contribution in [0.3, 0.4) is 0 Å². The summed E-state index contributed by atoms with van der Waals surface area (Å²) in [5, 5.41) is 22.9. The van der Waals surface area contributed by atoms with Crippen LogP contribution in [0, 0.1) is 0 Å². The van der Waals surface area contributed by atoms with Crippen LogP contribution in [-0.4, -0.2) is 38.0 Å². The number of halogens is 1. The molecule has 4 rings (SSSR count). The highest BCUT2D eigenvalue weighted by Crippen LogP contribution is 2.37. The van der Waals surface area contributed by atoms with Crippen LogP contribution in [0.25, 0.3) is 27.7 Å². The van der Waals surface area contributed by atoms with Gasteiger partial charge in [0.25, 0.3) is 5.91 Å². The number of amides is 1. The van der Waals surface area contributed by atoms with E-state index in [9.17, 15) is 14.7 Å². The molecule has 7 nitrogen and oxygen atoms in total. The number of aromatic hydroxyl groups is 1. The van der Waals surface area contributed by atoms with Crippen molar-refractivity contribution in [1.29, 1.82) is 0 Å². The molecule has 0 atom stereocenters. The van der Waals surface area contributed by atoms with Crippen LogP contribution < -0.4 is 5.32 Å². The van der Waals surface area contributed by atoms with Crippen molar-refractivity contribution in [2.75, 3.05) is 6.54 Å². The maximum absolute atomic E-state index is 12.5. The van der Waals surface area contributed by atoms with Gasteiger partial charge in [0.05, 0.1) is 5.52 Å². The fourth-order valence-electron chi connectivity index (χ4n) is 3.25. The lowest BCUT2D eigenvalue weighted by Crippen LogP contribution is -2.29. The Morgan fingerprint density at radius 2 is 1.96 bits per heavy atom. The summed E-state index contributed by atoms with van der Waals surface area (Å²) in [6.45, 7) is -0.564. The van der Waals surface area contributed by atoms with Crippen molar-refractivity contribution in [3.8, 4) is 16.9 Å². The second kappa shape index (κ2) is 6.86. The number of nitrogens with zero attached hydrogens (tertiary/aromatic N) is 2. The van der Waals surface area contributed by atoms with E-state index >= 15 is 0 Å². The molecule has 3 N–H and O–H groups in total. The number of aliphatic carboxylic acids is 1. The monoisotopic (exact) mass is 395 g/mol. The molecule has 1 amide bonds. The molecule has 4 aromatic rings. The van der Waals surface area contributed by atoms with Crippen molar-refractivity contribution in [2.24, 2.45) is 0 Å². The maximum Gasteiger partial charge on any atom is 0.322 e. The van der Waals surface area contributed by atoms with E-state index in [1.807, 2.05) is 24.3 Å². The van der Waals surface area contributed by atoms with Crippen molar-refractivity contribution in [1.82, 2.24) is 14.7 Å². The Morgan fingerprint density at radius 1 is 1.18 bits per heavy atom. The average molecular weight is 396 g/mol. The summed E-state index contributed by atoms with van der Waals surface area (Å²) >= 11 is 6.13. The van der Waals surface area contributed by atoms with Crippen LogP contribution in [0.1, 0.15) is 10.4 Å². The number of carboxylic acids is 1. The Balaban J connectivity index is 2.01. The average Bonchev–Trinajstić information content (AvgIpc) is 3.15. The number of imidazole rings is 1. The highest BCUT2D eigenvalue weighted by atomic mass is 35.5. The number of hydrogen-bond donors (Lipinski definition) is 3. The predicted octanol–water partition coefficient (Wildman–Crippen LogP) is 3.33. The van der Waals surface area contributed by atoms with Gasteiger partial charge in [-0.1, -0.05) is 35.9 Å². The van der Waals surface area contributed by atoms with Crippen LogP contribution in [0.5, 0.6) is 5.75 Å². The molecule has 8 heteroatoms. The van der Waals surface area contributed by atoms with Gasteiger partial charge in [-0.3, -0.25) is 14.0 Å². The molecule has 0 unspecified atom stereocenters. The number of rotatable bonds is 4. The zero-order valence-electron chi connectivity index (χ0n) is 14.4. The molecular formula is C20H14ClN3O4. The van der Waals surface area contributed by atoms with E-state index in [2.05, 4.69) is 10.3 Å². The summed E-state index contributed by atoms with van der Waals surface area (Å²) in [7, 11) is 0. The number of aromatic nitrogens is 2. The summed E-state index contributed by atoms with van der Waals surface area (Å²) in [5.74, 6) is -2.16. The molecule has 0 aliphatic heterocycles. The Labute approximate surface area is 163 Å². The molecule has 140 valence electrons. The molecule has 0 bridgehead atoms. The Hall–Kier alpha value is -3.58. The maximum atomic E-state index is 12.5. The minimum Gasteiger partial charge on any atom is -0.506 e. The fraction of sp³-hybridized carbons (Fsp3) is 0.0500. The third kappa shape index (κ3) is 2.91. The number of carboxylic acid groups (broad SMARTS) is 1. The molecular weight excluding hydrogens is 382 g/mol. The number of benzene rings is 2. The van der Waals surface area contributed by atoms with Gasteiger partial charge in [-0.15, -0.1) is 0 Å². The van der Waals surface area contributed by atoms with Gasteiger partial charge in [-0.05, 0) is 23.8 Å². The number of para-hydroxylation sites is 1. The molecule has 0 aliphatic rings. The summed E-state index contributed by atoms with van der Waals surface area (Å²) in [6, 6.07) is 12.6. The minimum absolute atomic E-state index is 0.0815. The van der Waals surface area contributed by atoms with Crippen molar-refractivity contribution < 1.29 is 19.8 Å². The molecule has 0 saturated carbocycles. The van der Waals surface area contributed by atoms with E-state index in [4.69, 9.17) is 16.7 Å². The predicted molar refractivity (Wildman–Crippen MR) is 105 cm³/mol. The van der Waals surface area contributed by atoms with E-state index in [-0.39, 0.29) is 17.0 Å². The Bertz CT molecular complexity index is 1250. The second-order valence-electron chi connectivity index (χ2n) is 6.13. The molecule has 2 heterocycles. The van der Waals surface area contributed by atoms with Crippen molar-refractivity contribution >= 4 is 40.0 Å². The number of carbonyl (C=O) groups excluding carboxylic acids is 1. The Kier molecular flexibility index (Phi) is 4.37. The highest BCUT2D eigenvalue weighted by Gasteiger charge is 2.23. The molecule has 2 aromatic carbocycles. The zero-order chi connectivity index (χ0) is 19.8. The summed E-state index contributed by atoms with van der Waals surface area (Å²) < 4.78 is 1.70. The molecule has 0 spiro atoms. The van der Waals surface area contributed by atoms with Gasteiger partial charge in [0.15, 0.2) is 5.65 Å². The zero-order valence-corrected chi connectivity index (χ0v) is 15.1. The first kappa shape index (κ1) is 17.8. The third-order valence-corrected chi connectivity index (χ3v) is 4.63.